The van der Waals surface area contributed by atoms with Gasteiger partial charge < -0.3 is 10.5 Å². The number of nitrogens with zero attached hydrogens (tertiary/aromatic N) is 1. The van der Waals surface area contributed by atoms with E-state index in [1.54, 1.807) is 0 Å². The zero-order valence-electron chi connectivity index (χ0n) is 8.78. The molecule has 8 heteroatoms. The molecule has 0 radical (unpaired) electrons. The molecule has 0 unspecified atom stereocenters. The molecule has 0 spiro atoms. The number of nitrogen functional groups attached to an aromatic ring is 1. The van der Waals surface area contributed by atoms with Gasteiger partial charge in [-0.2, -0.15) is 0 Å². The third-order valence-corrected chi connectivity index (χ3v) is 1.81. The van der Waals surface area contributed by atoms with Crippen LogP contribution in [0.3, 0.4) is 0 Å². The Kier molecular flexibility index (Phi) is 3.47. The zero-order valence-corrected chi connectivity index (χ0v) is 8.78. The van der Waals surface area contributed by atoms with Gasteiger partial charge in [0.2, 0.25) is 0 Å². The predicted octanol–water partition coefficient (Wildman–Crippen LogP) is 1.11. The normalized spacial score (nSPS) is 11.1. The summed E-state index contributed by atoms with van der Waals surface area (Å²) in [5.74, 6) is 4.09. The SMILES string of the molecule is CN(N)C(=O)c1ccc(OC(F)(F)F)cc1N. The van der Waals surface area contributed by atoms with Crippen LogP contribution in [0.2, 0.25) is 0 Å². The smallest absolute Gasteiger partial charge is 0.406 e. The van der Waals surface area contributed by atoms with E-state index >= 15 is 0 Å². The number of hydrogen-bond acceptors (Lipinski definition) is 4. The van der Waals surface area contributed by atoms with Gasteiger partial charge in [0.25, 0.3) is 5.91 Å². The molecule has 1 aromatic rings. The second-order valence-corrected chi connectivity index (χ2v) is 3.21. The lowest BCUT2D eigenvalue weighted by atomic mass is 10.1. The van der Waals surface area contributed by atoms with Crippen molar-refractivity contribution in [3.05, 3.63) is 23.8 Å². The maximum Gasteiger partial charge on any atom is 0.573 e. The van der Waals surface area contributed by atoms with Gasteiger partial charge in [-0.05, 0) is 12.1 Å². The van der Waals surface area contributed by atoms with Crippen LogP contribution in [0.15, 0.2) is 18.2 Å². The highest BCUT2D eigenvalue weighted by Crippen LogP contribution is 2.26. The largest absolute Gasteiger partial charge is 0.573 e. The molecule has 0 bridgehead atoms. The van der Waals surface area contributed by atoms with Crippen molar-refractivity contribution in [2.45, 2.75) is 6.36 Å². The lowest BCUT2D eigenvalue weighted by molar-refractivity contribution is -0.274. The highest BCUT2D eigenvalue weighted by atomic mass is 19.4. The quantitative estimate of drug-likeness (QED) is 0.356. The summed E-state index contributed by atoms with van der Waals surface area (Å²) in [6.07, 6.45) is -4.80. The number of halogens is 3. The van der Waals surface area contributed by atoms with E-state index < -0.39 is 18.0 Å². The van der Waals surface area contributed by atoms with E-state index in [-0.39, 0.29) is 11.3 Å². The summed E-state index contributed by atoms with van der Waals surface area (Å²) in [6, 6.07) is 3.01. The number of nitrogens with two attached hydrogens (primary N) is 2. The van der Waals surface area contributed by atoms with Crippen molar-refractivity contribution in [3.63, 3.8) is 0 Å². The minimum absolute atomic E-state index is 0.00419. The van der Waals surface area contributed by atoms with E-state index in [1.165, 1.54) is 7.05 Å². The maximum atomic E-state index is 11.9. The van der Waals surface area contributed by atoms with Gasteiger partial charge in [0.15, 0.2) is 0 Å². The molecule has 0 heterocycles. The Hall–Kier alpha value is -1.96. The molecular formula is C9H10F3N3O2. The number of hydrogen-bond donors (Lipinski definition) is 2. The Morgan fingerprint density at radius 1 is 1.41 bits per heavy atom. The molecule has 1 amide bonds. The van der Waals surface area contributed by atoms with E-state index in [1.807, 2.05) is 0 Å². The van der Waals surface area contributed by atoms with Crippen molar-refractivity contribution in [1.29, 1.82) is 0 Å². The fraction of sp³-hybridized carbons (Fsp3) is 0.222. The molecular weight excluding hydrogens is 239 g/mol. The standard InChI is InChI=1S/C9H10F3N3O2/c1-15(14)8(16)6-3-2-5(4-7(6)13)17-9(10,11)12/h2-4H,13-14H2,1H3. The molecule has 5 nitrogen and oxygen atoms in total. The number of carbonyl (C=O) groups excluding carboxylic acids is 1. The van der Waals surface area contributed by atoms with Gasteiger partial charge in [-0.25, -0.2) is 5.84 Å². The molecule has 0 aliphatic heterocycles. The van der Waals surface area contributed by atoms with Crippen molar-refractivity contribution in [2.24, 2.45) is 5.84 Å². The van der Waals surface area contributed by atoms with Gasteiger partial charge in [-0.3, -0.25) is 9.80 Å². The van der Waals surface area contributed by atoms with Crippen LogP contribution in [0.25, 0.3) is 0 Å². The number of amides is 1. The van der Waals surface area contributed by atoms with Crippen LogP contribution < -0.4 is 16.3 Å². The number of alkyl halides is 3. The van der Waals surface area contributed by atoms with Gasteiger partial charge in [0, 0.05) is 18.8 Å². The summed E-state index contributed by atoms with van der Waals surface area (Å²) in [4.78, 5) is 11.4. The number of ether oxygens (including phenoxy) is 1. The molecule has 0 aliphatic rings. The fourth-order valence-corrected chi connectivity index (χ4v) is 1.12. The number of benzene rings is 1. The van der Waals surface area contributed by atoms with E-state index in [4.69, 9.17) is 11.6 Å². The van der Waals surface area contributed by atoms with Crippen molar-refractivity contribution >= 4 is 11.6 Å². The molecule has 0 saturated heterocycles. The summed E-state index contributed by atoms with van der Waals surface area (Å²) >= 11 is 0. The Balaban J connectivity index is 2.98. The second kappa shape index (κ2) is 4.50. The Morgan fingerprint density at radius 3 is 2.41 bits per heavy atom. The molecule has 17 heavy (non-hydrogen) atoms. The molecule has 94 valence electrons. The van der Waals surface area contributed by atoms with E-state index in [0.717, 1.165) is 23.2 Å². The van der Waals surface area contributed by atoms with E-state index in [0.29, 0.717) is 0 Å². The van der Waals surface area contributed by atoms with Gasteiger partial charge in [-0.1, -0.05) is 0 Å². The third-order valence-electron chi connectivity index (χ3n) is 1.81. The average Bonchev–Trinajstić information content (AvgIpc) is 2.14. The summed E-state index contributed by atoms with van der Waals surface area (Å²) < 4.78 is 39.3. The zero-order chi connectivity index (χ0) is 13.2. The Morgan fingerprint density at radius 2 is 2.00 bits per heavy atom. The van der Waals surface area contributed by atoms with Crippen LogP contribution in [-0.4, -0.2) is 24.3 Å². The molecule has 0 saturated carbocycles. The Labute approximate surface area is 94.7 Å². The van der Waals surface area contributed by atoms with Gasteiger partial charge >= 0.3 is 6.36 Å². The van der Waals surface area contributed by atoms with Crippen molar-refractivity contribution in [3.8, 4) is 5.75 Å². The second-order valence-electron chi connectivity index (χ2n) is 3.21. The molecule has 0 aliphatic carbocycles. The first-order chi connectivity index (χ1) is 7.70. The van der Waals surface area contributed by atoms with Gasteiger partial charge in [-0.15, -0.1) is 13.2 Å². The molecule has 0 fully saturated rings. The lowest BCUT2D eigenvalue weighted by Crippen LogP contribution is -2.33. The molecule has 1 aromatic carbocycles. The van der Waals surface area contributed by atoms with Gasteiger partial charge in [0.1, 0.15) is 5.75 Å². The van der Waals surface area contributed by atoms with Crippen LogP contribution in [0.5, 0.6) is 5.75 Å². The van der Waals surface area contributed by atoms with Crippen LogP contribution in [0, 0.1) is 0 Å². The Bertz CT molecular complexity index is 432. The molecule has 1 rings (SSSR count). The summed E-state index contributed by atoms with van der Waals surface area (Å²) in [5.41, 5.74) is 5.29. The third kappa shape index (κ3) is 3.52. The van der Waals surface area contributed by atoms with E-state index in [2.05, 4.69) is 4.74 Å². The fourth-order valence-electron chi connectivity index (χ4n) is 1.12. The first-order valence-corrected chi connectivity index (χ1v) is 4.39. The summed E-state index contributed by atoms with van der Waals surface area (Å²) in [6.45, 7) is 0. The number of hydrazine groups is 1. The minimum Gasteiger partial charge on any atom is -0.406 e. The number of anilines is 1. The maximum absolute atomic E-state index is 11.9. The molecule has 0 atom stereocenters. The molecule has 4 N–H and O–H groups in total. The van der Waals surface area contributed by atoms with E-state index in [9.17, 15) is 18.0 Å². The van der Waals surface area contributed by atoms with Crippen molar-refractivity contribution in [1.82, 2.24) is 5.01 Å². The monoisotopic (exact) mass is 249 g/mol. The summed E-state index contributed by atoms with van der Waals surface area (Å²) in [5, 5.41) is 0.774. The number of rotatable bonds is 2. The van der Waals surface area contributed by atoms with Gasteiger partial charge in [0.05, 0.1) is 5.56 Å². The lowest BCUT2D eigenvalue weighted by Gasteiger charge is -2.13. The number of carbonyl (C=O) groups is 1. The average molecular weight is 249 g/mol. The van der Waals surface area contributed by atoms with Crippen LogP contribution in [0.1, 0.15) is 10.4 Å². The predicted molar refractivity (Wildman–Crippen MR) is 53.8 cm³/mol. The first kappa shape index (κ1) is 13.1. The van der Waals surface area contributed by atoms with Crippen LogP contribution in [0.4, 0.5) is 18.9 Å². The highest BCUT2D eigenvalue weighted by Gasteiger charge is 2.31. The van der Waals surface area contributed by atoms with Crippen LogP contribution in [-0.2, 0) is 0 Å². The first-order valence-electron chi connectivity index (χ1n) is 4.39. The summed E-state index contributed by atoms with van der Waals surface area (Å²) in [7, 11) is 1.29. The van der Waals surface area contributed by atoms with Crippen molar-refractivity contribution in [2.75, 3.05) is 12.8 Å². The highest BCUT2D eigenvalue weighted by molar-refractivity contribution is 5.98. The van der Waals surface area contributed by atoms with Crippen LogP contribution >= 0.6 is 0 Å². The minimum atomic E-state index is -4.80. The topological polar surface area (TPSA) is 81.6 Å². The molecule has 0 aromatic heterocycles. The van der Waals surface area contributed by atoms with Crippen molar-refractivity contribution < 1.29 is 22.7 Å².